The van der Waals surface area contributed by atoms with Crippen molar-refractivity contribution in [3.63, 3.8) is 0 Å². The van der Waals surface area contributed by atoms with Gasteiger partial charge in [-0.2, -0.15) is 0 Å². The number of hydrogen-bond acceptors (Lipinski definition) is 3. The van der Waals surface area contributed by atoms with Gasteiger partial charge in [-0.15, -0.1) is 0 Å². The van der Waals surface area contributed by atoms with Gasteiger partial charge < -0.3 is 4.74 Å². The molecule has 0 amide bonds. The second-order valence-electron chi connectivity index (χ2n) is 7.41. The van der Waals surface area contributed by atoms with E-state index >= 15 is 0 Å². The predicted octanol–water partition coefficient (Wildman–Crippen LogP) is 6.70. The van der Waals surface area contributed by atoms with E-state index in [1.165, 1.54) is 70.6 Å². The van der Waals surface area contributed by atoms with Crippen LogP contribution in [0.4, 0.5) is 0 Å². The van der Waals surface area contributed by atoms with E-state index in [0.717, 1.165) is 25.9 Å². The number of unbranched alkanes of at least 4 members (excludes halogenated alkanes) is 10. The fraction of sp³-hybridized carbons (Fsp3) is 0.955. The van der Waals surface area contributed by atoms with Gasteiger partial charge >= 0.3 is 5.97 Å². The maximum atomic E-state index is 12.1. The van der Waals surface area contributed by atoms with Crippen molar-refractivity contribution in [2.45, 2.75) is 124 Å². The fourth-order valence-corrected chi connectivity index (χ4v) is 3.10. The molecule has 0 aliphatic carbocycles. The Bertz CT molecular complexity index is 286. The first-order valence-corrected chi connectivity index (χ1v) is 11.1. The van der Waals surface area contributed by atoms with Gasteiger partial charge in [-0.25, -0.2) is 0 Å². The van der Waals surface area contributed by atoms with Gasteiger partial charge in [0, 0.05) is 19.5 Å². The maximum absolute atomic E-state index is 12.1. The number of esters is 1. The number of hydrogen-bond donors (Lipinski definition) is 0. The van der Waals surface area contributed by atoms with Crippen molar-refractivity contribution >= 4 is 5.97 Å². The first-order chi connectivity index (χ1) is 12.2. The van der Waals surface area contributed by atoms with Crippen molar-refractivity contribution in [1.82, 2.24) is 4.90 Å². The highest BCUT2D eigenvalue weighted by molar-refractivity contribution is 5.69. The van der Waals surface area contributed by atoms with Crippen molar-refractivity contribution in [3.8, 4) is 0 Å². The molecule has 0 heterocycles. The van der Waals surface area contributed by atoms with E-state index in [1.54, 1.807) is 0 Å². The van der Waals surface area contributed by atoms with Crippen LogP contribution in [0.3, 0.4) is 0 Å². The molecule has 1 atom stereocenters. The summed E-state index contributed by atoms with van der Waals surface area (Å²) in [5.74, 6) is -0.0200. The minimum Gasteiger partial charge on any atom is -0.447 e. The molecule has 150 valence electrons. The van der Waals surface area contributed by atoms with Crippen LogP contribution in [-0.2, 0) is 9.53 Å². The second-order valence-corrected chi connectivity index (χ2v) is 7.41. The molecular formula is C22H45NO2. The van der Waals surface area contributed by atoms with Gasteiger partial charge in [0.25, 0.3) is 0 Å². The Balaban J connectivity index is 3.76. The molecule has 25 heavy (non-hydrogen) atoms. The zero-order valence-electron chi connectivity index (χ0n) is 17.7. The fourth-order valence-electron chi connectivity index (χ4n) is 3.10. The molecule has 0 radical (unpaired) electrons. The van der Waals surface area contributed by atoms with Crippen LogP contribution < -0.4 is 0 Å². The summed E-state index contributed by atoms with van der Waals surface area (Å²) in [6.07, 6.45) is 16.7. The van der Waals surface area contributed by atoms with Crippen molar-refractivity contribution in [3.05, 3.63) is 0 Å². The van der Waals surface area contributed by atoms with Gasteiger partial charge in [0.1, 0.15) is 0 Å². The van der Waals surface area contributed by atoms with E-state index in [0.29, 0.717) is 6.42 Å². The van der Waals surface area contributed by atoms with Gasteiger partial charge in [0.15, 0.2) is 6.23 Å². The van der Waals surface area contributed by atoms with Crippen LogP contribution in [-0.4, -0.2) is 30.2 Å². The summed E-state index contributed by atoms with van der Waals surface area (Å²) in [4.78, 5) is 14.4. The Morgan fingerprint density at radius 1 is 0.720 bits per heavy atom. The highest BCUT2D eigenvalue weighted by Gasteiger charge is 2.16. The Hall–Kier alpha value is -0.570. The van der Waals surface area contributed by atoms with Gasteiger partial charge in [0.05, 0.1) is 0 Å². The lowest BCUT2D eigenvalue weighted by atomic mass is 10.1. The zero-order valence-corrected chi connectivity index (χ0v) is 17.7. The van der Waals surface area contributed by atoms with Crippen LogP contribution in [0.2, 0.25) is 0 Å². The Kier molecular flexibility index (Phi) is 17.8. The number of ether oxygens (including phenoxy) is 1. The van der Waals surface area contributed by atoms with Gasteiger partial charge in [0.2, 0.25) is 0 Å². The van der Waals surface area contributed by atoms with E-state index in [2.05, 4.69) is 25.7 Å². The van der Waals surface area contributed by atoms with Crippen molar-refractivity contribution in [1.29, 1.82) is 0 Å². The van der Waals surface area contributed by atoms with E-state index in [-0.39, 0.29) is 12.2 Å². The molecule has 0 spiro atoms. The molecule has 1 unspecified atom stereocenters. The molecule has 3 nitrogen and oxygen atoms in total. The van der Waals surface area contributed by atoms with Crippen molar-refractivity contribution < 1.29 is 9.53 Å². The first kappa shape index (κ1) is 24.4. The lowest BCUT2D eigenvalue weighted by Gasteiger charge is -2.28. The summed E-state index contributed by atoms with van der Waals surface area (Å²) in [7, 11) is 0. The predicted molar refractivity (Wildman–Crippen MR) is 109 cm³/mol. The molecule has 0 aromatic carbocycles. The lowest BCUT2D eigenvalue weighted by Crippen LogP contribution is -2.38. The molecule has 0 aliphatic rings. The SMILES string of the molecule is CCCCCCCCCCCC(=O)OC(C)N(CCCC)CCCC. The summed E-state index contributed by atoms with van der Waals surface area (Å²) in [6, 6.07) is 0. The van der Waals surface area contributed by atoms with Crippen LogP contribution in [0.1, 0.15) is 118 Å². The van der Waals surface area contributed by atoms with Crippen LogP contribution in [0.15, 0.2) is 0 Å². The topological polar surface area (TPSA) is 29.5 Å². The summed E-state index contributed by atoms with van der Waals surface area (Å²) in [5, 5.41) is 0. The molecule has 0 saturated carbocycles. The van der Waals surface area contributed by atoms with E-state index in [1.807, 2.05) is 6.92 Å². The van der Waals surface area contributed by atoms with Crippen LogP contribution in [0.25, 0.3) is 0 Å². The summed E-state index contributed by atoms with van der Waals surface area (Å²) < 4.78 is 5.67. The minimum absolute atomic E-state index is 0.0200. The lowest BCUT2D eigenvalue weighted by molar-refractivity contribution is -0.157. The largest absolute Gasteiger partial charge is 0.447 e. The number of rotatable bonds is 18. The van der Waals surface area contributed by atoms with Crippen LogP contribution in [0.5, 0.6) is 0 Å². The van der Waals surface area contributed by atoms with Crippen molar-refractivity contribution in [2.75, 3.05) is 13.1 Å². The van der Waals surface area contributed by atoms with Gasteiger partial charge in [-0.05, 0) is 26.2 Å². The van der Waals surface area contributed by atoms with E-state index < -0.39 is 0 Å². The smallest absolute Gasteiger partial charge is 0.307 e. The van der Waals surface area contributed by atoms with E-state index in [4.69, 9.17) is 4.74 Å². The van der Waals surface area contributed by atoms with Crippen molar-refractivity contribution in [2.24, 2.45) is 0 Å². The molecule has 0 bridgehead atoms. The molecule has 0 aliphatic heterocycles. The number of carbonyl (C=O) groups excluding carboxylic acids is 1. The Morgan fingerprint density at radius 2 is 1.16 bits per heavy atom. The molecule has 0 aromatic rings. The number of nitrogens with zero attached hydrogens (tertiary/aromatic N) is 1. The average molecular weight is 356 g/mol. The molecule has 0 fully saturated rings. The standard InChI is InChI=1S/C22H45NO2/c1-5-8-11-12-13-14-15-16-17-18-22(24)25-21(4)23(19-9-6-2)20-10-7-3/h21H,5-20H2,1-4H3. The minimum atomic E-state index is -0.0795. The highest BCUT2D eigenvalue weighted by atomic mass is 16.6. The third-order valence-electron chi connectivity index (χ3n) is 4.90. The molecule has 0 N–H and O–H groups in total. The van der Waals surface area contributed by atoms with Crippen LogP contribution in [0, 0.1) is 0 Å². The molecule has 0 aromatic heterocycles. The normalized spacial score (nSPS) is 12.5. The quantitative estimate of drug-likeness (QED) is 0.156. The third kappa shape index (κ3) is 15.4. The highest BCUT2D eigenvalue weighted by Crippen LogP contribution is 2.12. The monoisotopic (exact) mass is 355 g/mol. The van der Waals surface area contributed by atoms with Crippen LogP contribution >= 0.6 is 0 Å². The van der Waals surface area contributed by atoms with Gasteiger partial charge in [-0.3, -0.25) is 9.69 Å². The summed E-state index contributed by atoms with van der Waals surface area (Å²) in [5.41, 5.74) is 0. The Morgan fingerprint density at radius 3 is 1.64 bits per heavy atom. The van der Waals surface area contributed by atoms with E-state index in [9.17, 15) is 4.79 Å². The Labute approximate surface area is 157 Å². The average Bonchev–Trinajstić information content (AvgIpc) is 2.60. The third-order valence-corrected chi connectivity index (χ3v) is 4.90. The molecule has 0 saturated heterocycles. The second kappa shape index (κ2) is 18.2. The summed E-state index contributed by atoms with van der Waals surface area (Å²) in [6.45, 7) is 10.8. The maximum Gasteiger partial charge on any atom is 0.307 e. The van der Waals surface area contributed by atoms with Gasteiger partial charge in [-0.1, -0.05) is 85.0 Å². The molecular weight excluding hydrogens is 310 g/mol. The first-order valence-electron chi connectivity index (χ1n) is 11.1. The zero-order chi connectivity index (χ0) is 18.8. The molecule has 0 rings (SSSR count). The number of carbonyl (C=O) groups is 1. The summed E-state index contributed by atoms with van der Waals surface area (Å²) >= 11 is 0. The molecule has 3 heteroatoms.